The number of anilines is 2. The summed E-state index contributed by atoms with van der Waals surface area (Å²) in [7, 11) is 0. The number of carbonyl (C=O) groups excluding carboxylic acids is 1. The normalized spacial score (nSPS) is 10.2. The lowest BCUT2D eigenvalue weighted by molar-refractivity contribution is 0.262. The monoisotopic (exact) mass is 331 g/mol. The second-order valence-electron chi connectivity index (χ2n) is 4.20. The van der Waals surface area contributed by atoms with Crippen molar-refractivity contribution < 1.29 is 4.79 Å². The van der Waals surface area contributed by atoms with Gasteiger partial charge in [-0.05, 0) is 24.3 Å². The van der Waals surface area contributed by atoms with E-state index in [9.17, 15) is 4.79 Å². The Kier molecular flexibility index (Phi) is 4.27. The van der Waals surface area contributed by atoms with Gasteiger partial charge in [0.05, 0.1) is 10.7 Å². The van der Waals surface area contributed by atoms with Crippen molar-refractivity contribution in [2.75, 3.05) is 10.6 Å². The number of halogens is 1. The third-order valence-electron chi connectivity index (χ3n) is 2.66. The number of nitrogens with one attached hydrogen (secondary N) is 2. The van der Waals surface area contributed by atoms with Crippen molar-refractivity contribution in [2.24, 2.45) is 0 Å². The predicted octanol–water partition coefficient (Wildman–Crippen LogP) is 3.90. The van der Waals surface area contributed by atoms with Gasteiger partial charge in [-0.15, -0.1) is 0 Å². The Morgan fingerprint density at radius 3 is 2.68 bits per heavy atom. The molecule has 0 spiro atoms. The van der Waals surface area contributed by atoms with E-state index in [1.165, 1.54) is 0 Å². The summed E-state index contributed by atoms with van der Waals surface area (Å²) in [6.07, 6.45) is 1.66. The zero-order valence-corrected chi connectivity index (χ0v) is 12.7. The third kappa shape index (κ3) is 3.38. The van der Waals surface area contributed by atoms with Crippen molar-refractivity contribution in [1.82, 2.24) is 14.3 Å². The summed E-state index contributed by atoms with van der Waals surface area (Å²) in [5.74, 6) is 0.471. The molecule has 0 saturated carbocycles. The second kappa shape index (κ2) is 6.50. The van der Waals surface area contributed by atoms with Gasteiger partial charge in [0.2, 0.25) is 5.13 Å². The van der Waals surface area contributed by atoms with E-state index >= 15 is 0 Å². The number of pyridine rings is 1. The molecule has 3 rings (SSSR count). The van der Waals surface area contributed by atoms with E-state index in [1.54, 1.807) is 36.5 Å². The molecule has 0 aliphatic carbocycles. The molecule has 0 fully saturated rings. The van der Waals surface area contributed by atoms with Crippen molar-refractivity contribution in [1.29, 1.82) is 0 Å². The highest BCUT2D eigenvalue weighted by Gasteiger charge is 2.11. The first-order valence-electron chi connectivity index (χ1n) is 6.30. The topological polar surface area (TPSA) is 79.8 Å². The van der Waals surface area contributed by atoms with Gasteiger partial charge in [0, 0.05) is 17.7 Å². The van der Waals surface area contributed by atoms with Crippen LogP contribution in [0.3, 0.4) is 0 Å². The molecule has 2 heterocycles. The number of para-hydroxylation sites is 1. The molecule has 2 amide bonds. The highest BCUT2D eigenvalue weighted by atomic mass is 35.5. The Morgan fingerprint density at radius 2 is 1.91 bits per heavy atom. The second-order valence-corrected chi connectivity index (χ2v) is 5.36. The van der Waals surface area contributed by atoms with Gasteiger partial charge >= 0.3 is 6.03 Å². The first kappa shape index (κ1) is 14.4. The molecule has 2 aromatic heterocycles. The molecule has 0 unspecified atom stereocenters. The summed E-state index contributed by atoms with van der Waals surface area (Å²) in [6.45, 7) is 0. The maximum atomic E-state index is 11.9. The molecule has 0 atom stereocenters. The van der Waals surface area contributed by atoms with E-state index in [0.717, 1.165) is 11.5 Å². The van der Waals surface area contributed by atoms with E-state index in [-0.39, 0.29) is 0 Å². The van der Waals surface area contributed by atoms with E-state index in [0.29, 0.717) is 27.4 Å². The average molecular weight is 332 g/mol. The third-order valence-corrected chi connectivity index (χ3v) is 3.62. The number of carbonyl (C=O) groups is 1. The van der Waals surface area contributed by atoms with Crippen molar-refractivity contribution >= 4 is 40.0 Å². The summed E-state index contributed by atoms with van der Waals surface area (Å²) in [4.78, 5) is 20.3. The Hall–Kier alpha value is -2.51. The van der Waals surface area contributed by atoms with Crippen LogP contribution >= 0.6 is 23.1 Å². The van der Waals surface area contributed by atoms with Crippen molar-refractivity contribution in [3.8, 4) is 11.5 Å². The molecular weight excluding hydrogens is 322 g/mol. The van der Waals surface area contributed by atoms with Crippen LogP contribution in [-0.4, -0.2) is 20.4 Å². The fraction of sp³-hybridized carbons (Fsp3) is 0. The van der Waals surface area contributed by atoms with Crippen LogP contribution in [-0.2, 0) is 0 Å². The highest BCUT2D eigenvalue weighted by molar-refractivity contribution is 7.10. The van der Waals surface area contributed by atoms with Gasteiger partial charge in [-0.2, -0.15) is 9.36 Å². The smallest absolute Gasteiger partial charge is 0.306 e. The molecule has 0 radical (unpaired) electrons. The van der Waals surface area contributed by atoms with Crippen molar-refractivity contribution in [3.63, 3.8) is 0 Å². The summed E-state index contributed by atoms with van der Waals surface area (Å²) in [6, 6.07) is 12.0. The number of benzene rings is 1. The summed E-state index contributed by atoms with van der Waals surface area (Å²) >= 11 is 7.06. The van der Waals surface area contributed by atoms with Crippen LogP contribution in [0, 0.1) is 0 Å². The SMILES string of the molecule is O=C(Nc1nc(-c2ccccn2)ns1)Nc1ccccc1Cl. The van der Waals surface area contributed by atoms with Crippen LogP contribution < -0.4 is 10.6 Å². The molecule has 1 aromatic carbocycles. The number of rotatable bonds is 3. The van der Waals surface area contributed by atoms with Gasteiger partial charge in [0.15, 0.2) is 5.82 Å². The number of urea groups is 1. The van der Waals surface area contributed by atoms with Crippen LogP contribution in [0.15, 0.2) is 48.7 Å². The van der Waals surface area contributed by atoms with E-state index in [2.05, 4.69) is 25.0 Å². The van der Waals surface area contributed by atoms with Gasteiger partial charge in [-0.25, -0.2) is 4.79 Å². The van der Waals surface area contributed by atoms with E-state index in [4.69, 9.17) is 11.6 Å². The van der Waals surface area contributed by atoms with Crippen molar-refractivity contribution in [3.05, 3.63) is 53.7 Å². The Labute approximate surface area is 135 Å². The predicted molar refractivity (Wildman–Crippen MR) is 87.2 cm³/mol. The molecule has 0 saturated heterocycles. The zero-order chi connectivity index (χ0) is 15.4. The van der Waals surface area contributed by atoms with E-state index in [1.807, 2.05) is 12.1 Å². The van der Waals surface area contributed by atoms with Gasteiger partial charge in [-0.3, -0.25) is 10.3 Å². The number of hydrogen-bond donors (Lipinski definition) is 2. The van der Waals surface area contributed by atoms with Crippen LogP contribution in [0.25, 0.3) is 11.5 Å². The summed E-state index contributed by atoms with van der Waals surface area (Å²) in [5.41, 5.74) is 1.18. The van der Waals surface area contributed by atoms with Crippen LogP contribution in [0.5, 0.6) is 0 Å². The number of amides is 2. The fourth-order valence-corrected chi connectivity index (χ4v) is 2.44. The molecular formula is C14H10ClN5OS. The number of nitrogens with zero attached hydrogens (tertiary/aromatic N) is 3. The lowest BCUT2D eigenvalue weighted by Gasteiger charge is -2.06. The molecule has 0 aliphatic heterocycles. The quantitative estimate of drug-likeness (QED) is 0.762. The fourth-order valence-electron chi connectivity index (χ4n) is 1.69. The molecule has 0 aliphatic rings. The molecule has 2 N–H and O–H groups in total. The van der Waals surface area contributed by atoms with Gasteiger partial charge in [-0.1, -0.05) is 29.8 Å². The van der Waals surface area contributed by atoms with Crippen LogP contribution in [0.1, 0.15) is 0 Å². The molecule has 8 heteroatoms. The van der Waals surface area contributed by atoms with Crippen molar-refractivity contribution in [2.45, 2.75) is 0 Å². The first-order valence-corrected chi connectivity index (χ1v) is 7.45. The zero-order valence-electron chi connectivity index (χ0n) is 11.2. The van der Waals surface area contributed by atoms with Crippen LogP contribution in [0.2, 0.25) is 5.02 Å². The summed E-state index contributed by atoms with van der Waals surface area (Å²) in [5, 5.41) is 6.11. The largest absolute Gasteiger partial charge is 0.325 e. The Bertz CT molecular complexity index is 793. The molecule has 110 valence electrons. The molecule has 22 heavy (non-hydrogen) atoms. The average Bonchev–Trinajstić information content (AvgIpc) is 2.99. The maximum Gasteiger partial charge on any atom is 0.325 e. The lowest BCUT2D eigenvalue weighted by atomic mass is 10.3. The molecule has 0 bridgehead atoms. The van der Waals surface area contributed by atoms with Gasteiger partial charge in [0.1, 0.15) is 5.69 Å². The Balaban J connectivity index is 1.68. The molecule has 3 aromatic rings. The standard InChI is InChI=1S/C14H10ClN5OS/c15-9-5-1-2-6-10(9)17-13(21)19-14-18-12(20-22-14)11-7-3-4-8-16-11/h1-8H,(H2,17,18,19,20,21). The first-order chi connectivity index (χ1) is 10.7. The minimum atomic E-state index is -0.433. The number of hydrogen-bond acceptors (Lipinski definition) is 5. The van der Waals surface area contributed by atoms with Gasteiger partial charge < -0.3 is 5.32 Å². The van der Waals surface area contributed by atoms with Crippen LogP contribution in [0.4, 0.5) is 15.6 Å². The van der Waals surface area contributed by atoms with E-state index < -0.39 is 6.03 Å². The molecule has 6 nitrogen and oxygen atoms in total. The Morgan fingerprint density at radius 1 is 1.09 bits per heavy atom. The number of aromatic nitrogens is 3. The summed E-state index contributed by atoms with van der Waals surface area (Å²) < 4.78 is 4.16. The highest BCUT2D eigenvalue weighted by Crippen LogP contribution is 2.22. The minimum absolute atomic E-state index is 0.380. The minimum Gasteiger partial charge on any atom is -0.306 e. The van der Waals surface area contributed by atoms with Gasteiger partial charge in [0.25, 0.3) is 0 Å². The lowest BCUT2D eigenvalue weighted by Crippen LogP contribution is -2.19. The maximum absolute atomic E-state index is 11.9.